The van der Waals surface area contributed by atoms with Crippen molar-refractivity contribution in [2.75, 3.05) is 20.9 Å². The van der Waals surface area contributed by atoms with Gasteiger partial charge in [0.05, 0.1) is 7.11 Å². The van der Waals surface area contributed by atoms with E-state index in [1.54, 1.807) is 7.11 Å². The average Bonchev–Trinajstić information content (AvgIpc) is 2.16. The predicted octanol–water partition coefficient (Wildman–Crippen LogP) is 1.48. The molecule has 0 spiro atoms. The molecule has 1 aromatic rings. The number of hydrogen-bond donors (Lipinski definition) is 0. The molecule has 0 N–H and O–H groups in total. The molecule has 0 atom stereocenters. The Bertz CT molecular complexity index is 312. The van der Waals surface area contributed by atoms with E-state index < -0.39 is 0 Å². The van der Waals surface area contributed by atoms with Crippen LogP contribution in [0.1, 0.15) is 5.56 Å². The van der Waals surface area contributed by atoms with Gasteiger partial charge in [-0.2, -0.15) is 0 Å². The van der Waals surface area contributed by atoms with Crippen LogP contribution < -0.4 is 9.47 Å². The number of benzene rings is 1. The molecule has 0 radical (unpaired) electrons. The smallest absolute Gasteiger partial charge is 0.167 e. The zero-order valence-corrected chi connectivity index (χ0v) is 7.91. The Balaban J connectivity index is 2.39. The van der Waals surface area contributed by atoms with Crippen molar-refractivity contribution in [2.45, 2.75) is 6.54 Å². The van der Waals surface area contributed by atoms with Crippen LogP contribution in [0.3, 0.4) is 0 Å². The summed E-state index contributed by atoms with van der Waals surface area (Å²) in [5.74, 6) is 1.72. The molecule has 1 aliphatic rings. The SMILES string of the molecule is COc1cccc2c1OCN(C)C2. The summed E-state index contributed by atoms with van der Waals surface area (Å²) >= 11 is 0. The van der Waals surface area contributed by atoms with Gasteiger partial charge < -0.3 is 9.47 Å². The molecular weight excluding hydrogens is 166 g/mol. The van der Waals surface area contributed by atoms with Gasteiger partial charge in [0, 0.05) is 12.1 Å². The predicted molar refractivity (Wildman–Crippen MR) is 50.0 cm³/mol. The number of hydrogen-bond acceptors (Lipinski definition) is 3. The maximum absolute atomic E-state index is 5.56. The lowest BCUT2D eigenvalue weighted by Crippen LogP contribution is -2.28. The fourth-order valence-corrected chi connectivity index (χ4v) is 1.52. The minimum Gasteiger partial charge on any atom is -0.493 e. The average molecular weight is 179 g/mol. The fraction of sp³-hybridized carbons (Fsp3) is 0.400. The molecule has 70 valence electrons. The summed E-state index contributed by atoms with van der Waals surface area (Å²) in [6.45, 7) is 1.56. The molecule has 0 unspecified atom stereocenters. The molecule has 1 aromatic carbocycles. The van der Waals surface area contributed by atoms with Gasteiger partial charge in [0.25, 0.3) is 0 Å². The quantitative estimate of drug-likeness (QED) is 0.651. The maximum atomic E-state index is 5.56. The summed E-state index contributed by atoms with van der Waals surface area (Å²) in [6.07, 6.45) is 0. The molecule has 0 amide bonds. The number of nitrogens with zero attached hydrogens (tertiary/aromatic N) is 1. The lowest BCUT2D eigenvalue weighted by atomic mass is 10.1. The van der Waals surface area contributed by atoms with Crippen LogP contribution in [-0.2, 0) is 6.54 Å². The van der Waals surface area contributed by atoms with Gasteiger partial charge in [-0.3, -0.25) is 4.90 Å². The molecule has 0 aromatic heterocycles. The van der Waals surface area contributed by atoms with Crippen LogP contribution in [0.4, 0.5) is 0 Å². The highest BCUT2D eigenvalue weighted by molar-refractivity contribution is 5.47. The minimum atomic E-state index is 0.632. The number of para-hydroxylation sites is 1. The molecular formula is C10H13NO2. The third kappa shape index (κ3) is 1.47. The number of methoxy groups -OCH3 is 1. The van der Waals surface area contributed by atoms with Crippen molar-refractivity contribution in [1.82, 2.24) is 4.90 Å². The molecule has 0 fully saturated rings. The zero-order valence-electron chi connectivity index (χ0n) is 7.91. The van der Waals surface area contributed by atoms with Crippen LogP contribution in [0.15, 0.2) is 18.2 Å². The van der Waals surface area contributed by atoms with Gasteiger partial charge in [-0.25, -0.2) is 0 Å². The first-order chi connectivity index (χ1) is 6.31. The van der Waals surface area contributed by atoms with E-state index in [4.69, 9.17) is 9.47 Å². The largest absolute Gasteiger partial charge is 0.493 e. The lowest BCUT2D eigenvalue weighted by molar-refractivity contribution is 0.117. The maximum Gasteiger partial charge on any atom is 0.167 e. The van der Waals surface area contributed by atoms with Crippen molar-refractivity contribution < 1.29 is 9.47 Å². The van der Waals surface area contributed by atoms with Gasteiger partial charge in [-0.05, 0) is 13.1 Å². The standard InChI is InChI=1S/C10H13NO2/c1-11-6-8-4-3-5-9(12-2)10(8)13-7-11/h3-5H,6-7H2,1-2H3. The van der Waals surface area contributed by atoms with Crippen molar-refractivity contribution >= 4 is 0 Å². The zero-order chi connectivity index (χ0) is 9.26. The first-order valence-electron chi connectivity index (χ1n) is 4.28. The highest BCUT2D eigenvalue weighted by atomic mass is 16.5. The second kappa shape index (κ2) is 3.26. The second-order valence-corrected chi connectivity index (χ2v) is 3.24. The van der Waals surface area contributed by atoms with Crippen molar-refractivity contribution in [1.29, 1.82) is 0 Å². The molecule has 0 aliphatic carbocycles. The van der Waals surface area contributed by atoms with E-state index in [0.717, 1.165) is 18.0 Å². The number of rotatable bonds is 1. The molecule has 0 saturated carbocycles. The van der Waals surface area contributed by atoms with Gasteiger partial charge in [0.2, 0.25) is 0 Å². The van der Waals surface area contributed by atoms with E-state index in [0.29, 0.717) is 6.73 Å². The van der Waals surface area contributed by atoms with Crippen molar-refractivity contribution in [3.05, 3.63) is 23.8 Å². The Hall–Kier alpha value is -1.22. The second-order valence-electron chi connectivity index (χ2n) is 3.24. The number of ether oxygens (including phenoxy) is 2. The van der Waals surface area contributed by atoms with Crippen molar-refractivity contribution in [3.8, 4) is 11.5 Å². The molecule has 3 heteroatoms. The molecule has 0 saturated heterocycles. The van der Waals surface area contributed by atoms with Crippen LogP contribution >= 0.6 is 0 Å². The van der Waals surface area contributed by atoms with Crippen LogP contribution in [0.5, 0.6) is 11.5 Å². The Morgan fingerprint density at radius 1 is 1.46 bits per heavy atom. The summed E-state index contributed by atoms with van der Waals surface area (Å²) < 4.78 is 10.8. The molecule has 0 bridgehead atoms. The molecule has 2 rings (SSSR count). The minimum absolute atomic E-state index is 0.632. The Morgan fingerprint density at radius 3 is 3.08 bits per heavy atom. The van der Waals surface area contributed by atoms with E-state index in [1.807, 2.05) is 19.2 Å². The van der Waals surface area contributed by atoms with Gasteiger partial charge in [-0.15, -0.1) is 0 Å². The van der Waals surface area contributed by atoms with Crippen LogP contribution in [0, 0.1) is 0 Å². The van der Waals surface area contributed by atoms with Crippen LogP contribution in [0.25, 0.3) is 0 Å². The first kappa shape index (κ1) is 8.38. The van der Waals surface area contributed by atoms with Gasteiger partial charge >= 0.3 is 0 Å². The Labute approximate surface area is 77.9 Å². The van der Waals surface area contributed by atoms with Crippen LogP contribution in [-0.4, -0.2) is 25.8 Å². The summed E-state index contributed by atoms with van der Waals surface area (Å²) in [6, 6.07) is 5.97. The van der Waals surface area contributed by atoms with E-state index >= 15 is 0 Å². The molecule has 1 heterocycles. The van der Waals surface area contributed by atoms with Crippen molar-refractivity contribution in [3.63, 3.8) is 0 Å². The third-order valence-electron chi connectivity index (χ3n) is 2.15. The first-order valence-corrected chi connectivity index (χ1v) is 4.28. The molecule has 3 nitrogen and oxygen atoms in total. The van der Waals surface area contributed by atoms with Gasteiger partial charge in [0.15, 0.2) is 11.5 Å². The summed E-state index contributed by atoms with van der Waals surface area (Å²) in [5.41, 5.74) is 1.19. The summed E-state index contributed by atoms with van der Waals surface area (Å²) in [5, 5.41) is 0. The highest BCUT2D eigenvalue weighted by Crippen LogP contribution is 2.33. The monoisotopic (exact) mass is 179 g/mol. The lowest BCUT2D eigenvalue weighted by Gasteiger charge is -2.26. The van der Waals surface area contributed by atoms with Crippen molar-refractivity contribution in [2.24, 2.45) is 0 Å². The molecule has 13 heavy (non-hydrogen) atoms. The van der Waals surface area contributed by atoms with E-state index in [9.17, 15) is 0 Å². The fourth-order valence-electron chi connectivity index (χ4n) is 1.52. The van der Waals surface area contributed by atoms with Gasteiger partial charge in [-0.1, -0.05) is 12.1 Å². The summed E-state index contributed by atoms with van der Waals surface area (Å²) in [7, 11) is 3.69. The Kier molecular flexibility index (Phi) is 2.10. The highest BCUT2D eigenvalue weighted by Gasteiger charge is 2.17. The summed E-state index contributed by atoms with van der Waals surface area (Å²) in [4.78, 5) is 2.11. The van der Waals surface area contributed by atoms with Crippen LogP contribution in [0.2, 0.25) is 0 Å². The third-order valence-corrected chi connectivity index (χ3v) is 2.15. The van der Waals surface area contributed by atoms with E-state index in [-0.39, 0.29) is 0 Å². The molecule has 1 aliphatic heterocycles. The Morgan fingerprint density at radius 2 is 2.31 bits per heavy atom. The van der Waals surface area contributed by atoms with E-state index in [2.05, 4.69) is 11.0 Å². The number of fused-ring (bicyclic) bond motifs is 1. The normalized spacial score (nSPS) is 16.2. The van der Waals surface area contributed by atoms with Gasteiger partial charge in [0.1, 0.15) is 6.73 Å². The topological polar surface area (TPSA) is 21.7 Å². The van der Waals surface area contributed by atoms with E-state index in [1.165, 1.54) is 5.56 Å².